The number of aromatic nitrogens is 2. The van der Waals surface area contributed by atoms with Crippen LogP contribution in [0.2, 0.25) is 0 Å². The number of carbonyl (C=O) groups excluding carboxylic acids is 2. The van der Waals surface area contributed by atoms with Crippen LogP contribution < -0.4 is 0 Å². The summed E-state index contributed by atoms with van der Waals surface area (Å²) in [6, 6.07) is 17.9. The average molecular weight is 491 g/mol. The van der Waals surface area contributed by atoms with Crippen LogP contribution in [0.15, 0.2) is 71.6 Å². The minimum Gasteiger partial charge on any atom is -0.341 e. The predicted molar refractivity (Wildman–Crippen MR) is 136 cm³/mol. The molecule has 0 atom stereocenters. The smallest absolute Gasteiger partial charge is 0.263 e. The van der Waals surface area contributed by atoms with Crippen LogP contribution in [-0.4, -0.2) is 51.5 Å². The van der Waals surface area contributed by atoms with Crippen LogP contribution >= 0.6 is 22.7 Å². The van der Waals surface area contributed by atoms with Gasteiger partial charge in [-0.25, -0.2) is 4.68 Å². The lowest BCUT2D eigenvalue weighted by molar-refractivity contribution is -0.136. The fraction of sp³-hybridized carbons (Fsp3) is 0.269. The first-order valence-electron chi connectivity index (χ1n) is 11.4. The second-order valence-corrected chi connectivity index (χ2v) is 10.4. The molecule has 4 aromatic rings. The molecule has 34 heavy (non-hydrogen) atoms. The number of nitrogens with zero attached hydrogens (tertiary/aromatic N) is 4. The first-order valence-corrected chi connectivity index (χ1v) is 13.1. The molecule has 174 valence electrons. The SMILES string of the molecule is CN(Cc1cn(-c2ccccc2)nc1-c1cccs1)C(=O)C1CCN(C(=O)c2cccs2)CC1. The Kier molecular flexibility index (Phi) is 6.60. The van der Waals surface area contributed by atoms with Gasteiger partial charge < -0.3 is 9.80 Å². The summed E-state index contributed by atoms with van der Waals surface area (Å²) in [6.45, 7) is 1.73. The molecular formula is C26H26N4O2S2. The second kappa shape index (κ2) is 9.95. The third-order valence-electron chi connectivity index (χ3n) is 6.21. The molecule has 3 aromatic heterocycles. The van der Waals surface area contributed by atoms with Crippen molar-refractivity contribution in [2.75, 3.05) is 20.1 Å². The van der Waals surface area contributed by atoms with Crippen molar-refractivity contribution >= 4 is 34.5 Å². The molecule has 0 spiro atoms. The van der Waals surface area contributed by atoms with E-state index in [4.69, 9.17) is 5.10 Å². The maximum Gasteiger partial charge on any atom is 0.263 e. The van der Waals surface area contributed by atoms with Crippen molar-refractivity contribution in [3.8, 4) is 16.3 Å². The Morgan fingerprint density at radius 2 is 1.74 bits per heavy atom. The largest absolute Gasteiger partial charge is 0.341 e. The monoisotopic (exact) mass is 490 g/mol. The molecule has 0 radical (unpaired) electrons. The van der Waals surface area contributed by atoms with Gasteiger partial charge in [0.15, 0.2) is 0 Å². The Morgan fingerprint density at radius 3 is 2.41 bits per heavy atom. The van der Waals surface area contributed by atoms with E-state index < -0.39 is 0 Å². The Bertz CT molecular complexity index is 1240. The Hall–Kier alpha value is -3.23. The Labute approximate surface area is 207 Å². The zero-order valence-corrected chi connectivity index (χ0v) is 20.6. The predicted octanol–water partition coefficient (Wildman–Crippen LogP) is 5.17. The molecule has 0 saturated carbocycles. The number of likely N-dealkylation sites (tertiary alicyclic amines) is 1. The number of piperidine rings is 1. The fourth-order valence-corrected chi connectivity index (χ4v) is 5.83. The Morgan fingerprint density at radius 1 is 1.00 bits per heavy atom. The molecule has 0 bridgehead atoms. The van der Waals surface area contributed by atoms with Gasteiger partial charge in [0, 0.05) is 44.4 Å². The summed E-state index contributed by atoms with van der Waals surface area (Å²) in [5.74, 6) is 0.141. The minimum absolute atomic E-state index is 0.0632. The summed E-state index contributed by atoms with van der Waals surface area (Å²) >= 11 is 3.11. The summed E-state index contributed by atoms with van der Waals surface area (Å²) < 4.78 is 1.89. The van der Waals surface area contributed by atoms with Gasteiger partial charge in [0.05, 0.1) is 15.4 Å². The third kappa shape index (κ3) is 4.69. The first kappa shape index (κ1) is 22.6. The van der Waals surface area contributed by atoms with Crippen LogP contribution in [0.1, 0.15) is 28.1 Å². The highest BCUT2D eigenvalue weighted by molar-refractivity contribution is 7.13. The summed E-state index contributed by atoms with van der Waals surface area (Å²) in [5, 5.41) is 8.81. The number of hydrogen-bond acceptors (Lipinski definition) is 5. The van der Waals surface area contributed by atoms with Crippen molar-refractivity contribution in [2.45, 2.75) is 19.4 Å². The van der Waals surface area contributed by atoms with Gasteiger partial charge in [0.1, 0.15) is 5.69 Å². The van der Waals surface area contributed by atoms with Crippen molar-refractivity contribution in [3.05, 3.63) is 82.0 Å². The summed E-state index contributed by atoms with van der Waals surface area (Å²) in [4.78, 5) is 31.4. The molecule has 0 N–H and O–H groups in total. The molecule has 6 nitrogen and oxygen atoms in total. The van der Waals surface area contributed by atoms with Crippen molar-refractivity contribution < 1.29 is 9.59 Å². The minimum atomic E-state index is -0.0632. The van der Waals surface area contributed by atoms with Crippen LogP contribution in [0, 0.1) is 5.92 Å². The fourth-order valence-electron chi connectivity index (χ4n) is 4.39. The van der Waals surface area contributed by atoms with Gasteiger partial charge in [-0.3, -0.25) is 9.59 Å². The first-order chi connectivity index (χ1) is 16.6. The lowest BCUT2D eigenvalue weighted by atomic mass is 9.95. The van der Waals surface area contributed by atoms with E-state index in [1.165, 1.54) is 11.3 Å². The summed E-state index contributed by atoms with van der Waals surface area (Å²) in [5.41, 5.74) is 2.92. The van der Waals surface area contributed by atoms with E-state index in [-0.39, 0.29) is 17.7 Å². The zero-order valence-electron chi connectivity index (χ0n) is 19.0. The van der Waals surface area contributed by atoms with E-state index in [1.54, 1.807) is 11.3 Å². The maximum atomic E-state index is 13.3. The van der Waals surface area contributed by atoms with Crippen molar-refractivity contribution in [2.24, 2.45) is 5.92 Å². The molecular weight excluding hydrogens is 464 g/mol. The highest BCUT2D eigenvalue weighted by Crippen LogP contribution is 2.29. The molecule has 0 aliphatic carbocycles. The maximum absolute atomic E-state index is 13.3. The summed E-state index contributed by atoms with van der Waals surface area (Å²) in [7, 11) is 1.86. The molecule has 4 heterocycles. The molecule has 1 saturated heterocycles. The van der Waals surface area contributed by atoms with E-state index in [9.17, 15) is 9.59 Å². The average Bonchev–Trinajstić information content (AvgIpc) is 3.66. The number of carbonyl (C=O) groups is 2. The molecule has 1 aliphatic heterocycles. The van der Waals surface area contributed by atoms with Gasteiger partial charge in [-0.05, 0) is 47.9 Å². The molecule has 2 amide bonds. The standard InChI is InChI=1S/C26H26N4O2S2/c1-28(25(31)19-11-13-29(14-12-19)26(32)23-10-6-16-34-23)17-20-18-30(21-7-3-2-4-8-21)27-24(20)22-9-5-15-33-22/h2-10,15-16,18-19H,11-14,17H2,1H3. The van der Waals surface area contributed by atoms with Crippen molar-refractivity contribution in [1.82, 2.24) is 19.6 Å². The van der Waals surface area contributed by atoms with E-state index in [2.05, 4.69) is 6.07 Å². The number of hydrogen-bond donors (Lipinski definition) is 0. The van der Waals surface area contributed by atoms with Crippen LogP contribution in [0.5, 0.6) is 0 Å². The van der Waals surface area contributed by atoms with Gasteiger partial charge in [-0.15, -0.1) is 22.7 Å². The van der Waals surface area contributed by atoms with E-state index >= 15 is 0 Å². The molecule has 8 heteroatoms. The number of rotatable bonds is 6. The molecule has 1 fully saturated rings. The van der Waals surface area contributed by atoms with Crippen LogP contribution in [-0.2, 0) is 11.3 Å². The highest BCUT2D eigenvalue weighted by Gasteiger charge is 2.30. The zero-order chi connectivity index (χ0) is 23.5. The molecule has 5 rings (SSSR count). The van der Waals surface area contributed by atoms with E-state index in [0.717, 1.165) is 26.7 Å². The van der Waals surface area contributed by atoms with Gasteiger partial charge in [-0.2, -0.15) is 5.10 Å². The van der Waals surface area contributed by atoms with Crippen molar-refractivity contribution in [1.29, 1.82) is 0 Å². The summed E-state index contributed by atoms with van der Waals surface area (Å²) in [6.07, 6.45) is 3.42. The van der Waals surface area contributed by atoms with E-state index in [0.29, 0.717) is 32.5 Å². The normalized spacial score (nSPS) is 14.3. The molecule has 1 aromatic carbocycles. The quantitative estimate of drug-likeness (QED) is 0.375. The van der Waals surface area contributed by atoms with Gasteiger partial charge >= 0.3 is 0 Å². The number of amides is 2. The second-order valence-electron chi connectivity index (χ2n) is 8.50. The van der Waals surface area contributed by atoms with Crippen LogP contribution in [0.4, 0.5) is 0 Å². The van der Waals surface area contributed by atoms with Gasteiger partial charge in [0.25, 0.3) is 5.91 Å². The lowest BCUT2D eigenvalue weighted by Crippen LogP contribution is -2.43. The van der Waals surface area contributed by atoms with Crippen LogP contribution in [0.25, 0.3) is 16.3 Å². The Balaban J connectivity index is 1.28. The topological polar surface area (TPSA) is 58.4 Å². The number of para-hydroxylation sites is 1. The van der Waals surface area contributed by atoms with Crippen LogP contribution in [0.3, 0.4) is 0 Å². The number of thiophene rings is 2. The lowest BCUT2D eigenvalue weighted by Gasteiger charge is -2.33. The third-order valence-corrected chi connectivity index (χ3v) is 7.95. The number of benzene rings is 1. The molecule has 0 unspecified atom stereocenters. The van der Waals surface area contributed by atoms with Crippen molar-refractivity contribution in [3.63, 3.8) is 0 Å². The van der Waals surface area contributed by atoms with E-state index in [1.807, 2.05) is 87.0 Å². The van der Waals surface area contributed by atoms with Gasteiger partial charge in [-0.1, -0.05) is 30.3 Å². The highest BCUT2D eigenvalue weighted by atomic mass is 32.1. The van der Waals surface area contributed by atoms with Gasteiger partial charge in [0.2, 0.25) is 5.91 Å². The molecule has 1 aliphatic rings.